The van der Waals surface area contributed by atoms with Crippen molar-refractivity contribution in [2.75, 3.05) is 0 Å². The van der Waals surface area contributed by atoms with Crippen molar-refractivity contribution in [3.05, 3.63) is 71.5 Å². The number of hydrogen-bond donors (Lipinski definition) is 1. The Labute approximate surface area is 116 Å². The first-order chi connectivity index (χ1) is 9.68. The molecule has 2 N–H and O–H groups in total. The molecule has 2 aromatic carbocycles. The number of carbonyl (C=O) groups is 1. The van der Waals surface area contributed by atoms with Gasteiger partial charge in [-0.05, 0) is 11.6 Å². The van der Waals surface area contributed by atoms with Crippen LogP contribution < -0.4 is 5.73 Å². The molecule has 3 rings (SSSR count). The van der Waals surface area contributed by atoms with E-state index in [9.17, 15) is 9.18 Å². The molecule has 3 nitrogen and oxygen atoms in total. The van der Waals surface area contributed by atoms with Gasteiger partial charge in [-0.1, -0.05) is 48.5 Å². The van der Waals surface area contributed by atoms with Gasteiger partial charge in [0.2, 0.25) is 5.91 Å². The molecular formula is C16H15FN2O. The molecule has 1 amide bonds. The molecule has 20 heavy (non-hydrogen) atoms. The van der Waals surface area contributed by atoms with Crippen LogP contribution >= 0.6 is 0 Å². The fraction of sp³-hybridized carbons (Fsp3) is 0.188. The van der Waals surface area contributed by atoms with E-state index in [0.29, 0.717) is 12.1 Å². The topological polar surface area (TPSA) is 46.3 Å². The van der Waals surface area contributed by atoms with E-state index < -0.39 is 6.04 Å². The third-order valence-electron chi connectivity index (χ3n) is 3.66. The van der Waals surface area contributed by atoms with Gasteiger partial charge in [-0.2, -0.15) is 0 Å². The van der Waals surface area contributed by atoms with Gasteiger partial charge in [-0.15, -0.1) is 0 Å². The van der Waals surface area contributed by atoms with Gasteiger partial charge in [0.15, 0.2) is 0 Å². The minimum atomic E-state index is -0.657. The van der Waals surface area contributed by atoms with Crippen LogP contribution in [0.1, 0.15) is 17.2 Å². The summed E-state index contributed by atoms with van der Waals surface area (Å²) in [7, 11) is 0. The fourth-order valence-electron chi connectivity index (χ4n) is 2.61. The van der Waals surface area contributed by atoms with Gasteiger partial charge in [0.1, 0.15) is 11.9 Å². The van der Waals surface area contributed by atoms with E-state index in [1.54, 1.807) is 23.1 Å². The summed E-state index contributed by atoms with van der Waals surface area (Å²) in [6.07, 6.45) is 0. The number of likely N-dealkylation sites (tertiary alicyclic amines) is 1. The lowest BCUT2D eigenvalue weighted by molar-refractivity contribution is -0.150. The SMILES string of the molecule is N[C@H]1C(=O)N(Cc2ccccc2)[C@H]1c1ccccc1F. The zero-order valence-corrected chi connectivity index (χ0v) is 10.9. The zero-order valence-electron chi connectivity index (χ0n) is 10.9. The van der Waals surface area contributed by atoms with Gasteiger partial charge in [-0.25, -0.2) is 4.39 Å². The lowest BCUT2D eigenvalue weighted by atomic mass is 9.88. The third-order valence-corrected chi connectivity index (χ3v) is 3.66. The molecule has 0 bridgehead atoms. The molecule has 1 aliphatic heterocycles. The fourth-order valence-corrected chi connectivity index (χ4v) is 2.61. The van der Waals surface area contributed by atoms with Crippen LogP contribution in [0.15, 0.2) is 54.6 Å². The van der Waals surface area contributed by atoms with Crippen LogP contribution in [0.2, 0.25) is 0 Å². The molecule has 1 aliphatic rings. The van der Waals surface area contributed by atoms with E-state index in [4.69, 9.17) is 5.73 Å². The van der Waals surface area contributed by atoms with E-state index >= 15 is 0 Å². The van der Waals surface area contributed by atoms with Gasteiger partial charge in [0, 0.05) is 12.1 Å². The van der Waals surface area contributed by atoms with Crippen LogP contribution in [0.5, 0.6) is 0 Å². The molecule has 1 heterocycles. The van der Waals surface area contributed by atoms with E-state index in [1.807, 2.05) is 30.3 Å². The van der Waals surface area contributed by atoms with Crippen molar-refractivity contribution in [3.63, 3.8) is 0 Å². The zero-order chi connectivity index (χ0) is 14.1. The monoisotopic (exact) mass is 270 g/mol. The van der Waals surface area contributed by atoms with Crippen LogP contribution in [0.4, 0.5) is 4.39 Å². The van der Waals surface area contributed by atoms with Crippen molar-refractivity contribution in [3.8, 4) is 0 Å². The van der Waals surface area contributed by atoms with Gasteiger partial charge < -0.3 is 10.6 Å². The standard InChI is InChI=1S/C16H15FN2O/c17-13-9-5-4-8-12(13)15-14(18)16(20)19(15)10-11-6-2-1-3-7-11/h1-9,14-15H,10,18H2/t14-,15+/m1/s1. The molecule has 0 saturated carbocycles. The average molecular weight is 270 g/mol. The molecule has 0 aliphatic carbocycles. The van der Waals surface area contributed by atoms with Crippen LogP contribution in [0, 0.1) is 5.82 Å². The molecule has 1 saturated heterocycles. The average Bonchev–Trinajstić information content (AvgIpc) is 2.49. The molecule has 4 heteroatoms. The second-order valence-electron chi connectivity index (χ2n) is 4.94. The van der Waals surface area contributed by atoms with Gasteiger partial charge >= 0.3 is 0 Å². The van der Waals surface area contributed by atoms with Crippen LogP contribution in [-0.2, 0) is 11.3 Å². The summed E-state index contributed by atoms with van der Waals surface area (Å²) in [6, 6.07) is 15.1. The normalized spacial score (nSPS) is 21.7. The number of halogens is 1. The number of β-lactam (4-membered cyclic amide) rings is 1. The predicted octanol–water partition coefficient (Wildman–Crippen LogP) is 2.24. The van der Waals surface area contributed by atoms with E-state index in [0.717, 1.165) is 5.56 Å². The van der Waals surface area contributed by atoms with Crippen LogP contribution in [0.3, 0.4) is 0 Å². The molecule has 102 valence electrons. The number of carbonyl (C=O) groups excluding carboxylic acids is 1. The molecule has 0 spiro atoms. The first-order valence-corrected chi connectivity index (χ1v) is 6.53. The summed E-state index contributed by atoms with van der Waals surface area (Å²) in [4.78, 5) is 13.6. The Balaban J connectivity index is 1.87. The maximum absolute atomic E-state index is 13.9. The van der Waals surface area contributed by atoms with Crippen molar-refractivity contribution in [1.29, 1.82) is 0 Å². The maximum atomic E-state index is 13.9. The first-order valence-electron chi connectivity index (χ1n) is 6.53. The number of nitrogens with two attached hydrogens (primary N) is 1. The van der Waals surface area contributed by atoms with Crippen LogP contribution in [0.25, 0.3) is 0 Å². The molecule has 1 fully saturated rings. The smallest absolute Gasteiger partial charge is 0.242 e. The minimum absolute atomic E-state index is 0.137. The second kappa shape index (κ2) is 5.06. The Kier molecular flexibility index (Phi) is 3.24. The van der Waals surface area contributed by atoms with E-state index in [1.165, 1.54) is 6.07 Å². The summed E-state index contributed by atoms with van der Waals surface area (Å²) in [5.74, 6) is -0.458. The number of rotatable bonds is 3. The molecule has 0 aromatic heterocycles. The van der Waals surface area contributed by atoms with E-state index in [2.05, 4.69) is 0 Å². The lowest BCUT2D eigenvalue weighted by Crippen LogP contribution is -2.62. The predicted molar refractivity (Wildman–Crippen MR) is 74.1 cm³/mol. The quantitative estimate of drug-likeness (QED) is 0.869. The number of hydrogen-bond acceptors (Lipinski definition) is 2. The van der Waals surface area contributed by atoms with E-state index in [-0.39, 0.29) is 17.8 Å². The van der Waals surface area contributed by atoms with Crippen molar-refractivity contribution >= 4 is 5.91 Å². The second-order valence-corrected chi connectivity index (χ2v) is 4.94. The number of benzene rings is 2. The molecule has 0 unspecified atom stereocenters. The highest BCUT2D eigenvalue weighted by Crippen LogP contribution is 2.36. The van der Waals surface area contributed by atoms with Crippen molar-refractivity contribution in [1.82, 2.24) is 4.90 Å². The minimum Gasteiger partial charge on any atom is -0.328 e. The Morgan fingerprint density at radius 1 is 1.05 bits per heavy atom. The summed E-state index contributed by atoms with van der Waals surface area (Å²) in [6.45, 7) is 0.451. The molecule has 2 aromatic rings. The summed E-state index contributed by atoms with van der Waals surface area (Å²) in [5, 5.41) is 0. The van der Waals surface area contributed by atoms with Crippen LogP contribution in [-0.4, -0.2) is 16.8 Å². The Hall–Kier alpha value is -2.20. The first kappa shape index (κ1) is 12.8. The van der Waals surface area contributed by atoms with Gasteiger partial charge in [-0.3, -0.25) is 4.79 Å². The highest BCUT2D eigenvalue weighted by atomic mass is 19.1. The summed E-state index contributed by atoms with van der Waals surface area (Å²) < 4.78 is 13.9. The Morgan fingerprint density at radius 3 is 2.40 bits per heavy atom. The summed E-state index contributed by atoms with van der Waals surface area (Å²) >= 11 is 0. The number of nitrogens with zero attached hydrogens (tertiary/aromatic N) is 1. The van der Waals surface area contributed by atoms with Crippen molar-refractivity contribution in [2.45, 2.75) is 18.6 Å². The lowest BCUT2D eigenvalue weighted by Gasteiger charge is -2.45. The largest absolute Gasteiger partial charge is 0.328 e. The number of amides is 1. The van der Waals surface area contributed by atoms with Gasteiger partial charge in [0.25, 0.3) is 0 Å². The van der Waals surface area contributed by atoms with Crippen molar-refractivity contribution < 1.29 is 9.18 Å². The molecule has 0 radical (unpaired) electrons. The Morgan fingerprint density at radius 2 is 1.70 bits per heavy atom. The highest BCUT2D eigenvalue weighted by molar-refractivity contribution is 5.89. The highest BCUT2D eigenvalue weighted by Gasteiger charge is 2.46. The van der Waals surface area contributed by atoms with Crippen molar-refractivity contribution in [2.24, 2.45) is 5.73 Å². The van der Waals surface area contributed by atoms with Gasteiger partial charge in [0.05, 0.1) is 6.04 Å². The molecular weight excluding hydrogens is 255 g/mol. The molecule has 2 atom stereocenters. The summed E-state index contributed by atoms with van der Waals surface area (Å²) in [5.41, 5.74) is 7.34. The maximum Gasteiger partial charge on any atom is 0.242 e. The Bertz CT molecular complexity index is 629. The third kappa shape index (κ3) is 2.08.